The Balaban J connectivity index is 2.13. The van der Waals surface area contributed by atoms with Crippen molar-refractivity contribution in [3.63, 3.8) is 0 Å². The lowest BCUT2D eigenvalue weighted by atomic mass is 9.85. The second kappa shape index (κ2) is 7.36. The molecule has 0 heterocycles. The van der Waals surface area contributed by atoms with E-state index in [1.54, 1.807) is 0 Å². The topological polar surface area (TPSA) is 50.4 Å². The van der Waals surface area contributed by atoms with Gasteiger partial charge in [0, 0.05) is 11.6 Å². The van der Waals surface area contributed by atoms with E-state index < -0.39 is 5.60 Å². The number of hydrogen-bond acceptors (Lipinski definition) is 3. The summed E-state index contributed by atoms with van der Waals surface area (Å²) in [5.74, 6) is 0. The van der Waals surface area contributed by atoms with Crippen LogP contribution in [0.1, 0.15) is 90.1 Å². The average Bonchev–Trinajstić information content (AvgIpc) is 2.43. The maximum absolute atomic E-state index is 12.1. The van der Waals surface area contributed by atoms with Crippen LogP contribution in [-0.4, -0.2) is 17.2 Å². The summed E-state index contributed by atoms with van der Waals surface area (Å²) < 4.78 is 5.41. The molecule has 0 spiro atoms. The molecule has 1 unspecified atom stereocenters. The number of carbonyl (C=O) groups excluding carboxylic acids is 1. The van der Waals surface area contributed by atoms with Crippen molar-refractivity contribution in [1.82, 2.24) is 10.6 Å². The number of benzene rings is 1. The highest BCUT2D eigenvalue weighted by Gasteiger charge is 2.25. The van der Waals surface area contributed by atoms with Gasteiger partial charge in [-0.3, -0.25) is 0 Å². The fourth-order valence-corrected chi connectivity index (χ4v) is 3.44. The lowest BCUT2D eigenvalue weighted by Crippen LogP contribution is -2.38. The minimum absolute atomic E-state index is 0.0403. The standard InChI is InChI=1S/C21H34N2O2/c1-14(23-20(2,3)4)15-11-12-17-16(13-15)9-8-10-18(17)22-19(24)25-21(5,6)7/h11-14,18,23H,8-10H2,1-7H3,(H,22,24)/t14?,18-/m1/s1. The number of nitrogens with one attached hydrogen (secondary N) is 2. The zero-order valence-corrected chi connectivity index (χ0v) is 16.8. The summed E-state index contributed by atoms with van der Waals surface area (Å²) >= 11 is 0. The zero-order valence-electron chi connectivity index (χ0n) is 16.8. The van der Waals surface area contributed by atoms with Crippen molar-refractivity contribution in [2.24, 2.45) is 0 Å². The molecule has 0 saturated heterocycles. The molecule has 4 heteroatoms. The Labute approximate surface area is 152 Å². The zero-order chi connectivity index (χ0) is 18.8. The predicted octanol–water partition coefficient (Wildman–Crippen LogP) is 5.04. The number of ether oxygens (including phenoxy) is 1. The first-order chi connectivity index (χ1) is 11.4. The lowest BCUT2D eigenvalue weighted by molar-refractivity contribution is 0.0498. The number of amides is 1. The summed E-state index contributed by atoms with van der Waals surface area (Å²) in [4.78, 5) is 12.1. The first kappa shape index (κ1) is 19.8. The number of carbonyl (C=O) groups is 1. The van der Waals surface area contributed by atoms with E-state index in [4.69, 9.17) is 4.74 Å². The number of aryl methyl sites for hydroxylation is 1. The van der Waals surface area contributed by atoms with Crippen molar-refractivity contribution in [2.45, 2.75) is 91.0 Å². The van der Waals surface area contributed by atoms with Crippen LogP contribution >= 0.6 is 0 Å². The molecular formula is C21H34N2O2. The number of hydrogen-bond donors (Lipinski definition) is 2. The van der Waals surface area contributed by atoms with Gasteiger partial charge in [-0.1, -0.05) is 18.2 Å². The number of alkyl carbamates (subject to hydrolysis) is 1. The molecule has 1 aromatic rings. The van der Waals surface area contributed by atoms with E-state index >= 15 is 0 Å². The minimum Gasteiger partial charge on any atom is -0.444 e. The number of rotatable bonds is 3. The van der Waals surface area contributed by atoms with Crippen LogP contribution in [-0.2, 0) is 11.2 Å². The van der Waals surface area contributed by atoms with E-state index in [1.165, 1.54) is 16.7 Å². The van der Waals surface area contributed by atoms with E-state index in [1.807, 2.05) is 20.8 Å². The summed E-state index contributed by atoms with van der Waals surface area (Å²) in [7, 11) is 0. The van der Waals surface area contributed by atoms with E-state index in [2.05, 4.69) is 56.5 Å². The average molecular weight is 347 g/mol. The Morgan fingerprint density at radius 3 is 2.48 bits per heavy atom. The second-order valence-corrected chi connectivity index (χ2v) is 9.17. The van der Waals surface area contributed by atoms with Gasteiger partial charge in [-0.25, -0.2) is 4.79 Å². The molecule has 0 bridgehead atoms. The van der Waals surface area contributed by atoms with E-state index in [0.29, 0.717) is 6.04 Å². The molecule has 0 fully saturated rings. The molecular weight excluding hydrogens is 312 g/mol. The SMILES string of the molecule is CC(NC(C)(C)C)c1ccc2c(c1)CCC[C@H]2NC(=O)OC(C)(C)C. The Morgan fingerprint density at radius 1 is 1.20 bits per heavy atom. The summed E-state index contributed by atoms with van der Waals surface area (Å²) in [5, 5.41) is 6.66. The van der Waals surface area contributed by atoms with E-state index in [9.17, 15) is 4.79 Å². The van der Waals surface area contributed by atoms with Gasteiger partial charge in [-0.2, -0.15) is 0 Å². The molecule has 25 heavy (non-hydrogen) atoms. The van der Waals surface area contributed by atoms with Crippen molar-refractivity contribution in [2.75, 3.05) is 0 Å². The normalized spacial score (nSPS) is 19.1. The van der Waals surface area contributed by atoms with Gasteiger partial charge in [0.1, 0.15) is 5.60 Å². The Kier molecular flexibility index (Phi) is 5.82. The van der Waals surface area contributed by atoms with Gasteiger partial charge in [-0.15, -0.1) is 0 Å². The van der Waals surface area contributed by atoms with Crippen LogP contribution in [0.5, 0.6) is 0 Å². The van der Waals surface area contributed by atoms with Crippen LogP contribution in [0.25, 0.3) is 0 Å². The third-order valence-electron chi connectivity index (χ3n) is 4.32. The van der Waals surface area contributed by atoms with Crippen LogP contribution in [0.4, 0.5) is 4.79 Å². The highest BCUT2D eigenvalue weighted by Crippen LogP contribution is 2.32. The molecule has 2 N–H and O–H groups in total. The Hall–Kier alpha value is -1.55. The van der Waals surface area contributed by atoms with E-state index in [-0.39, 0.29) is 17.7 Å². The second-order valence-electron chi connectivity index (χ2n) is 9.17. The van der Waals surface area contributed by atoms with Crippen LogP contribution in [0.15, 0.2) is 18.2 Å². The summed E-state index contributed by atoms with van der Waals surface area (Å²) in [6, 6.07) is 6.98. The van der Waals surface area contributed by atoms with Gasteiger partial charge in [0.25, 0.3) is 0 Å². The van der Waals surface area contributed by atoms with Gasteiger partial charge in [0.05, 0.1) is 6.04 Å². The van der Waals surface area contributed by atoms with Crippen molar-refractivity contribution in [3.8, 4) is 0 Å². The molecule has 0 saturated carbocycles. The molecule has 140 valence electrons. The van der Waals surface area contributed by atoms with Crippen LogP contribution in [0.2, 0.25) is 0 Å². The van der Waals surface area contributed by atoms with Crippen LogP contribution < -0.4 is 10.6 Å². The molecule has 0 aliphatic heterocycles. The lowest BCUT2D eigenvalue weighted by Gasteiger charge is -2.30. The maximum atomic E-state index is 12.1. The molecule has 4 nitrogen and oxygen atoms in total. The maximum Gasteiger partial charge on any atom is 0.408 e. The predicted molar refractivity (Wildman–Crippen MR) is 103 cm³/mol. The monoisotopic (exact) mass is 346 g/mol. The van der Waals surface area contributed by atoms with Crippen molar-refractivity contribution in [3.05, 3.63) is 34.9 Å². The number of fused-ring (bicyclic) bond motifs is 1. The molecule has 2 rings (SSSR count). The van der Waals surface area contributed by atoms with Gasteiger partial charge in [0.2, 0.25) is 0 Å². The van der Waals surface area contributed by atoms with Gasteiger partial charge < -0.3 is 15.4 Å². The largest absolute Gasteiger partial charge is 0.444 e. The smallest absolute Gasteiger partial charge is 0.408 e. The Morgan fingerprint density at radius 2 is 1.88 bits per heavy atom. The van der Waals surface area contributed by atoms with Crippen LogP contribution in [0, 0.1) is 0 Å². The highest BCUT2D eigenvalue weighted by atomic mass is 16.6. The Bertz CT molecular complexity index is 611. The molecule has 2 atom stereocenters. The molecule has 0 radical (unpaired) electrons. The van der Waals surface area contributed by atoms with Gasteiger partial charge in [0.15, 0.2) is 0 Å². The van der Waals surface area contributed by atoms with Crippen molar-refractivity contribution >= 4 is 6.09 Å². The molecule has 1 aromatic carbocycles. The van der Waals surface area contributed by atoms with E-state index in [0.717, 1.165) is 19.3 Å². The van der Waals surface area contributed by atoms with Gasteiger partial charge >= 0.3 is 6.09 Å². The summed E-state index contributed by atoms with van der Waals surface area (Å²) in [6.45, 7) is 14.4. The summed E-state index contributed by atoms with van der Waals surface area (Å²) in [6.07, 6.45) is 2.77. The fourth-order valence-electron chi connectivity index (χ4n) is 3.44. The molecule has 0 aromatic heterocycles. The molecule has 1 aliphatic carbocycles. The highest BCUT2D eigenvalue weighted by molar-refractivity contribution is 5.68. The third kappa shape index (κ3) is 6.03. The van der Waals surface area contributed by atoms with Gasteiger partial charge in [-0.05, 0) is 84.4 Å². The molecule has 1 amide bonds. The first-order valence-electron chi connectivity index (χ1n) is 9.34. The molecule has 1 aliphatic rings. The fraction of sp³-hybridized carbons (Fsp3) is 0.667. The third-order valence-corrected chi connectivity index (χ3v) is 4.32. The summed E-state index contributed by atoms with van der Waals surface area (Å²) in [5.41, 5.74) is 3.47. The van der Waals surface area contributed by atoms with Crippen molar-refractivity contribution < 1.29 is 9.53 Å². The van der Waals surface area contributed by atoms with Crippen LogP contribution in [0.3, 0.4) is 0 Å². The first-order valence-corrected chi connectivity index (χ1v) is 9.34. The quantitative estimate of drug-likeness (QED) is 0.806. The minimum atomic E-state index is -0.473. The van der Waals surface area contributed by atoms with Crippen molar-refractivity contribution in [1.29, 1.82) is 0 Å².